The van der Waals surface area contributed by atoms with E-state index in [-0.39, 0.29) is 34.4 Å². The highest BCUT2D eigenvalue weighted by atomic mass is 16.5. The molecule has 0 saturated carbocycles. The lowest BCUT2D eigenvalue weighted by molar-refractivity contribution is -0.103. The van der Waals surface area contributed by atoms with Crippen LogP contribution < -0.4 is 0 Å². The van der Waals surface area contributed by atoms with Crippen molar-refractivity contribution in [2.75, 3.05) is 13.1 Å². The van der Waals surface area contributed by atoms with Crippen LogP contribution in [0.4, 0.5) is 0 Å². The van der Waals surface area contributed by atoms with Crippen LogP contribution in [0.2, 0.25) is 0 Å². The fourth-order valence-electron chi connectivity index (χ4n) is 7.45. The summed E-state index contributed by atoms with van der Waals surface area (Å²) in [7, 11) is 0. The summed E-state index contributed by atoms with van der Waals surface area (Å²) in [6.45, 7) is 21.3. The molecule has 2 aromatic rings. The summed E-state index contributed by atoms with van der Waals surface area (Å²) in [5, 5.41) is 0. The number of nitrogens with zero attached hydrogens (tertiary/aromatic N) is 2. The van der Waals surface area contributed by atoms with Crippen molar-refractivity contribution in [2.24, 2.45) is 0 Å². The molecule has 2 saturated heterocycles. The standard InChI is InChI=1S/C38H52N2O2/c1-35(2)25-33(41-29-31-19-13-11-14-20-31)26-36(3,4)39(35)23-17-9-10-18-24-40-37(5,6)27-34(28-38(40,7)8)42-30-32-21-15-12-16-22-32/h11-16,19-22,33-34H,23-30H2,1-8H3. The maximum Gasteiger partial charge on any atom is 0.0720 e. The Labute approximate surface area is 256 Å². The molecule has 226 valence electrons. The van der Waals surface area contributed by atoms with E-state index in [1.165, 1.54) is 11.1 Å². The summed E-state index contributed by atoms with van der Waals surface area (Å²) in [5.41, 5.74) is 2.43. The van der Waals surface area contributed by atoms with Crippen LogP contribution in [-0.2, 0) is 22.7 Å². The minimum atomic E-state index is -0.00775. The number of likely N-dealkylation sites (tertiary alicyclic amines) is 2. The van der Waals surface area contributed by atoms with Crippen molar-refractivity contribution >= 4 is 0 Å². The molecule has 4 nitrogen and oxygen atoms in total. The Morgan fingerprint density at radius 3 is 1.17 bits per heavy atom. The van der Waals surface area contributed by atoms with Gasteiger partial charge in [-0.05, 0) is 104 Å². The molecule has 0 spiro atoms. The van der Waals surface area contributed by atoms with Crippen molar-refractivity contribution in [1.82, 2.24) is 9.80 Å². The molecule has 0 aliphatic carbocycles. The van der Waals surface area contributed by atoms with Crippen LogP contribution in [0.15, 0.2) is 60.7 Å². The van der Waals surface area contributed by atoms with Crippen LogP contribution in [0.5, 0.6) is 0 Å². The first-order valence-corrected chi connectivity index (χ1v) is 15.6. The molecule has 0 aromatic heterocycles. The number of hydrogen-bond acceptors (Lipinski definition) is 4. The first-order valence-electron chi connectivity index (χ1n) is 15.6. The van der Waals surface area contributed by atoms with Crippen molar-refractivity contribution in [3.63, 3.8) is 0 Å². The van der Waals surface area contributed by atoms with Gasteiger partial charge in [-0.2, -0.15) is 0 Å². The van der Waals surface area contributed by atoms with E-state index in [1.807, 2.05) is 12.1 Å². The van der Waals surface area contributed by atoms with Gasteiger partial charge in [0.2, 0.25) is 0 Å². The Balaban J connectivity index is 1.30. The number of hydrogen-bond donors (Lipinski definition) is 0. The number of rotatable bonds is 8. The third-order valence-corrected chi connectivity index (χ3v) is 9.20. The van der Waals surface area contributed by atoms with E-state index >= 15 is 0 Å². The third-order valence-electron chi connectivity index (χ3n) is 9.20. The van der Waals surface area contributed by atoms with E-state index in [9.17, 15) is 0 Å². The molecule has 0 radical (unpaired) electrons. The van der Waals surface area contributed by atoms with Crippen LogP contribution in [0, 0.1) is 23.7 Å². The average Bonchev–Trinajstić information content (AvgIpc) is 2.90. The monoisotopic (exact) mass is 568 g/mol. The van der Waals surface area contributed by atoms with Crippen molar-refractivity contribution in [3.05, 3.63) is 71.8 Å². The van der Waals surface area contributed by atoms with E-state index in [0.717, 1.165) is 25.7 Å². The van der Waals surface area contributed by atoms with Gasteiger partial charge in [-0.25, -0.2) is 0 Å². The predicted octanol–water partition coefficient (Wildman–Crippen LogP) is 7.47. The highest BCUT2D eigenvalue weighted by molar-refractivity contribution is 5.28. The van der Waals surface area contributed by atoms with Crippen molar-refractivity contribution in [1.29, 1.82) is 0 Å². The molecule has 2 aliphatic rings. The van der Waals surface area contributed by atoms with Gasteiger partial charge in [0, 0.05) is 22.2 Å². The highest BCUT2D eigenvalue weighted by Gasteiger charge is 2.46. The number of ether oxygens (including phenoxy) is 2. The van der Waals surface area contributed by atoms with E-state index in [2.05, 4.69) is 137 Å². The Morgan fingerprint density at radius 1 is 0.548 bits per heavy atom. The van der Waals surface area contributed by atoms with Gasteiger partial charge in [-0.3, -0.25) is 9.80 Å². The molecule has 0 N–H and O–H groups in total. The second-order valence-electron chi connectivity index (χ2n) is 14.7. The highest BCUT2D eigenvalue weighted by Crippen LogP contribution is 2.40. The Morgan fingerprint density at radius 2 is 0.857 bits per heavy atom. The minimum absolute atomic E-state index is 0.00775. The van der Waals surface area contributed by atoms with Crippen molar-refractivity contribution in [2.45, 2.75) is 129 Å². The van der Waals surface area contributed by atoms with Gasteiger partial charge in [0.15, 0.2) is 0 Å². The number of benzene rings is 2. The molecule has 4 rings (SSSR count). The molecular weight excluding hydrogens is 516 g/mol. The maximum absolute atomic E-state index is 6.38. The third kappa shape index (κ3) is 8.49. The van der Waals surface area contributed by atoms with Gasteiger partial charge < -0.3 is 9.47 Å². The lowest BCUT2D eigenvalue weighted by Gasteiger charge is -2.54. The van der Waals surface area contributed by atoms with E-state index in [4.69, 9.17) is 9.47 Å². The van der Waals surface area contributed by atoms with E-state index in [0.29, 0.717) is 26.3 Å². The van der Waals surface area contributed by atoms with Gasteiger partial charge in [-0.1, -0.05) is 72.5 Å². The molecule has 0 atom stereocenters. The summed E-state index contributed by atoms with van der Waals surface area (Å²) in [6, 6.07) is 20.9. The summed E-state index contributed by atoms with van der Waals surface area (Å²) in [4.78, 5) is 5.06. The van der Waals surface area contributed by atoms with Crippen LogP contribution in [0.3, 0.4) is 0 Å². The Bertz CT molecular complexity index is 1140. The molecule has 4 heteroatoms. The molecule has 42 heavy (non-hydrogen) atoms. The van der Waals surface area contributed by atoms with Gasteiger partial charge in [-0.15, -0.1) is 0 Å². The average molecular weight is 569 g/mol. The zero-order valence-corrected chi connectivity index (χ0v) is 27.3. The maximum atomic E-state index is 6.38. The molecule has 0 bridgehead atoms. The van der Waals surface area contributed by atoms with Crippen LogP contribution in [0.25, 0.3) is 0 Å². The fourth-order valence-corrected chi connectivity index (χ4v) is 7.45. The number of piperidine rings is 2. The molecule has 0 unspecified atom stereocenters. The quantitative estimate of drug-likeness (QED) is 0.309. The zero-order valence-electron chi connectivity index (χ0n) is 27.3. The lowest BCUT2D eigenvalue weighted by Crippen LogP contribution is -2.62. The smallest absolute Gasteiger partial charge is 0.0720 e. The van der Waals surface area contributed by atoms with Gasteiger partial charge in [0.05, 0.1) is 38.5 Å². The molecule has 2 fully saturated rings. The lowest BCUT2D eigenvalue weighted by atomic mass is 9.78. The Kier molecular flexibility index (Phi) is 10.3. The molecule has 0 amide bonds. The van der Waals surface area contributed by atoms with Crippen LogP contribution in [-0.4, -0.2) is 57.3 Å². The first kappa shape index (κ1) is 32.3. The largest absolute Gasteiger partial charge is 0.373 e. The van der Waals surface area contributed by atoms with Gasteiger partial charge >= 0.3 is 0 Å². The summed E-state index contributed by atoms with van der Waals surface area (Å²) < 4.78 is 12.8. The van der Waals surface area contributed by atoms with Crippen LogP contribution in [0.1, 0.15) is 92.2 Å². The predicted molar refractivity (Wildman–Crippen MR) is 174 cm³/mol. The second-order valence-corrected chi connectivity index (χ2v) is 14.7. The Hall–Kier alpha value is -2.60. The summed E-state index contributed by atoms with van der Waals surface area (Å²) >= 11 is 0. The van der Waals surface area contributed by atoms with E-state index < -0.39 is 0 Å². The fraction of sp³-hybridized carbons (Fsp3) is 0.579. The minimum Gasteiger partial charge on any atom is -0.373 e. The van der Waals surface area contributed by atoms with Crippen molar-refractivity contribution in [3.8, 4) is 23.7 Å². The van der Waals surface area contributed by atoms with Gasteiger partial charge in [0.1, 0.15) is 0 Å². The van der Waals surface area contributed by atoms with Gasteiger partial charge in [0.25, 0.3) is 0 Å². The van der Waals surface area contributed by atoms with E-state index in [1.54, 1.807) is 0 Å². The van der Waals surface area contributed by atoms with Crippen LogP contribution >= 0.6 is 0 Å². The van der Waals surface area contributed by atoms with Crippen molar-refractivity contribution < 1.29 is 9.47 Å². The molecular formula is C38H52N2O2. The topological polar surface area (TPSA) is 24.9 Å². The molecule has 2 aliphatic heterocycles. The zero-order chi connectivity index (χ0) is 30.4. The molecule has 2 aromatic carbocycles. The second kappa shape index (κ2) is 13.4. The summed E-state index contributed by atoms with van der Waals surface area (Å²) in [6.07, 6.45) is 4.44. The normalized spacial score (nSPS) is 22.0. The SMILES string of the molecule is CC1(C)CC(OCc2ccccc2)CC(C)(C)N1CC#CC#CCN1C(C)(C)CC(OCc2ccccc2)CC1(C)C. The summed E-state index contributed by atoms with van der Waals surface area (Å²) in [5.74, 6) is 13.1. The molecule has 2 heterocycles. The first-order chi connectivity index (χ1) is 19.8.